The van der Waals surface area contributed by atoms with Crippen LogP contribution < -0.4 is 15.0 Å². The Morgan fingerprint density at radius 3 is 2.57 bits per heavy atom. The van der Waals surface area contributed by atoms with E-state index in [-0.39, 0.29) is 12.2 Å². The van der Waals surface area contributed by atoms with Gasteiger partial charge in [-0.1, -0.05) is 12.8 Å². The Kier molecular flexibility index (Phi) is 4.65. The maximum atomic E-state index is 13.0. The molecule has 1 N–H and O–H groups in total. The maximum Gasteiger partial charge on any atom is 0.281 e. The molecule has 9 nitrogen and oxygen atoms in total. The molecule has 0 aliphatic heterocycles. The van der Waals surface area contributed by atoms with Gasteiger partial charge in [-0.2, -0.15) is 9.50 Å². The molecular weight excluding hydrogens is 384 g/mol. The first-order chi connectivity index (χ1) is 14.7. The van der Waals surface area contributed by atoms with E-state index in [2.05, 4.69) is 15.1 Å². The molecule has 0 radical (unpaired) electrons. The molecule has 1 fully saturated rings. The fourth-order valence-corrected chi connectivity index (χ4v) is 4.13. The summed E-state index contributed by atoms with van der Waals surface area (Å²) in [5.74, 6) is 3.68. The average molecular weight is 408 g/mol. The number of methoxy groups -OCH3 is 1. The third-order valence-corrected chi connectivity index (χ3v) is 5.72. The van der Waals surface area contributed by atoms with E-state index in [9.17, 15) is 4.79 Å². The van der Waals surface area contributed by atoms with Crippen LogP contribution in [0.5, 0.6) is 11.5 Å². The highest BCUT2D eigenvalue weighted by atomic mass is 16.5. The van der Waals surface area contributed by atoms with Crippen LogP contribution in [-0.4, -0.2) is 36.2 Å². The van der Waals surface area contributed by atoms with Crippen molar-refractivity contribution in [3.63, 3.8) is 0 Å². The smallest absolute Gasteiger partial charge is 0.281 e. The van der Waals surface area contributed by atoms with Gasteiger partial charge in [-0.25, -0.2) is 4.98 Å². The molecule has 0 amide bonds. The molecule has 0 bridgehead atoms. The summed E-state index contributed by atoms with van der Waals surface area (Å²) in [6.07, 6.45) is 4.60. The fraction of sp³-hybridized carbons (Fsp3) is 0.429. The number of fused-ring (bicyclic) bond motifs is 3. The predicted octanol–water partition coefficient (Wildman–Crippen LogP) is 3.03. The number of H-pyrrole nitrogens is 1. The van der Waals surface area contributed by atoms with E-state index in [1.165, 1.54) is 12.8 Å². The van der Waals surface area contributed by atoms with Crippen molar-refractivity contribution in [3.05, 3.63) is 46.3 Å². The topological polar surface area (TPSA) is 99.3 Å². The van der Waals surface area contributed by atoms with Gasteiger partial charge in [0.2, 0.25) is 5.78 Å². The number of benzene rings is 1. The first-order valence-electron chi connectivity index (χ1n) is 10.3. The Morgan fingerprint density at radius 1 is 1.13 bits per heavy atom. The van der Waals surface area contributed by atoms with Crippen LogP contribution in [0.3, 0.4) is 0 Å². The Labute approximate surface area is 172 Å². The monoisotopic (exact) mass is 408 g/mol. The van der Waals surface area contributed by atoms with Gasteiger partial charge in [0.15, 0.2) is 17.0 Å². The molecule has 1 aliphatic rings. The van der Waals surface area contributed by atoms with Gasteiger partial charge < -0.3 is 14.5 Å². The van der Waals surface area contributed by atoms with Crippen molar-refractivity contribution in [3.8, 4) is 11.5 Å². The van der Waals surface area contributed by atoms with Crippen LogP contribution in [0.25, 0.3) is 16.9 Å². The largest absolute Gasteiger partial charge is 0.497 e. The van der Waals surface area contributed by atoms with Gasteiger partial charge >= 0.3 is 0 Å². The lowest BCUT2D eigenvalue weighted by Crippen LogP contribution is -2.22. The summed E-state index contributed by atoms with van der Waals surface area (Å²) in [6.45, 7) is 2.60. The molecule has 1 aliphatic carbocycles. The van der Waals surface area contributed by atoms with Crippen LogP contribution in [-0.2, 0) is 13.2 Å². The molecule has 3 aromatic heterocycles. The minimum Gasteiger partial charge on any atom is -0.497 e. The van der Waals surface area contributed by atoms with E-state index in [1.807, 2.05) is 31.2 Å². The first-order valence-corrected chi connectivity index (χ1v) is 10.3. The van der Waals surface area contributed by atoms with Crippen LogP contribution in [0.15, 0.2) is 29.1 Å². The second-order valence-corrected chi connectivity index (χ2v) is 7.56. The molecular formula is C21H24N6O3. The number of hydrogen-bond acceptors (Lipinski definition) is 6. The van der Waals surface area contributed by atoms with Crippen LogP contribution in [0.4, 0.5) is 0 Å². The van der Waals surface area contributed by atoms with Gasteiger partial charge in [-0.3, -0.25) is 9.36 Å². The van der Waals surface area contributed by atoms with Crippen LogP contribution in [0.1, 0.15) is 50.2 Å². The molecule has 0 saturated heterocycles. The standard InChI is InChI=1S/C21H24N6O3/c1-3-26-20(28)17-19(24-18(23-17)13-6-4-5-7-13)27-21(26)22-16(25-27)12-30-15-10-8-14(29-2)9-11-15/h8-11,13H,3-7,12H2,1-2H3,(H,23,24). The van der Waals surface area contributed by atoms with Crippen molar-refractivity contribution in [2.45, 2.75) is 51.7 Å². The minimum absolute atomic E-state index is 0.119. The minimum atomic E-state index is -0.119. The lowest BCUT2D eigenvalue weighted by atomic mass is 10.1. The molecule has 3 heterocycles. The number of nitrogens with zero attached hydrogens (tertiary/aromatic N) is 5. The van der Waals surface area contributed by atoms with Crippen molar-refractivity contribution in [1.82, 2.24) is 29.1 Å². The molecule has 0 unspecified atom stereocenters. The zero-order valence-electron chi connectivity index (χ0n) is 17.1. The third-order valence-electron chi connectivity index (χ3n) is 5.72. The van der Waals surface area contributed by atoms with Gasteiger partial charge in [0.25, 0.3) is 5.56 Å². The van der Waals surface area contributed by atoms with E-state index >= 15 is 0 Å². The molecule has 1 aromatic carbocycles. The molecule has 9 heteroatoms. The summed E-state index contributed by atoms with van der Waals surface area (Å²) in [4.78, 5) is 25.6. The number of ether oxygens (including phenoxy) is 2. The molecule has 5 rings (SSSR count). The predicted molar refractivity (Wildman–Crippen MR) is 111 cm³/mol. The molecule has 1 saturated carbocycles. The highest BCUT2D eigenvalue weighted by Crippen LogP contribution is 2.33. The number of rotatable bonds is 6. The summed E-state index contributed by atoms with van der Waals surface area (Å²) in [7, 11) is 1.62. The van der Waals surface area contributed by atoms with Crippen molar-refractivity contribution in [2.24, 2.45) is 0 Å². The van der Waals surface area contributed by atoms with Crippen molar-refractivity contribution in [2.75, 3.05) is 7.11 Å². The molecule has 30 heavy (non-hydrogen) atoms. The van der Waals surface area contributed by atoms with Crippen molar-refractivity contribution >= 4 is 16.9 Å². The van der Waals surface area contributed by atoms with Crippen molar-refractivity contribution in [1.29, 1.82) is 0 Å². The van der Waals surface area contributed by atoms with Gasteiger partial charge in [-0.05, 0) is 44.0 Å². The Morgan fingerprint density at radius 2 is 1.87 bits per heavy atom. The molecule has 4 aromatic rings. The maximum absolute atomic E-state index is 13.0. The number of hydrogen-bond donors (Lipinski definition) is 1. The quantitative estimate of drug-likeness (QED) is 0.526. The van der Waals surface area contributed by atoms with Crippen LogP contribution >= 0.6 is 0 Å². The van der Waals surface area contributed by atoms with Gasteiger partial charge in [-0.15, -0.1) is 5.10 Å². The highest BCUT2D eigenvalue weighted by molar-refractivity contribution is 5.72. The Hall–Kier alpha value is -3.36. The third kappa shape index (κ3) is 3.10. The number of aryl methyl sites for hydroxylation is 1. The number of aromatic amines is 1. The van der Waals surface area contributed by atoms with Crippen LogP contribution in [0, 0.1) is 0 Å². The van der Waals surface area contributed by atoms with Crippen molar-refractivity contribution < 1.29 is 9.47 Å². The summed E-state index contributed by atoms with van der Waals surface area (Å²) in [5.41, 5.74) is 0.898. The second kappa shape index (κ2) is 7.47. The fourth-order valence-electron chi connectivity index (χ4n) is 4.13. The van der Waals surface area contributed by atoms with Gasteiger partial charge in [0.05, 0.1) is 7.11 Å². The SMILES string of the molecule is CCn1c(=O)c2[nH]c(C3CCCC3)nc2n2nc(COc3ccc(OC)cc3)nc12. The highest BCUT2D eigenvalue weighted by Gasteiger charge is 2.24. The lowest BCUT2D eigenvalue weighted by Gasteiger charge is -2.04. The second-order valence-electron chi connectivity index (χ2n) is 7.56. The van der Waals surface area contributed by atoms with E-state index in [0.29, 0.717) is 41.0 Å². The van der Waals surface area contributed by atoms with E-state index in [4.69, 9.17) is 14.5 Å². The zero-order valence-corrected chi connectivity index (χ0v) is 17.1. The first kappa shape index (κ1) is 18.7. The number of nitrogens with one attached hydrogen (secondary N) is 1. The Balaban J connectivity index is 1.52. The zero-order chi connectivity index (χ0) is 20.7. The molecule has 156 valence electrons. The summed E-state index contributed by atoms with van der Waals surface area (Å²) < 4.78 is 14.2. The van der Waals surface area contributed by atoms with Gasteiger partial charge in [0.1, 0.15) is 23.9 Å². The Bertz CT molecular complexity index is 1250. The summed E-state index contributed by atoms with van der Waals surface area (Å²) in [6, 6.07) is 7.32. The van der Waals surface area contributed by atoms with Gasteiger partial charge in [0, 0.05) is 12.5 Å². The lowest BCUT2D eigenvalue weighted by molar-refractivity contribution is 0.295. The normalized spacial score (nSPS) is 14.7. The van der Waals surface area contributed by atoms with E-state index in [1.54, 1.807) is 16.2 Å². The average Bonchev–Trinajstić information content (AvgIpc) is 3.51. The summed E-state index contributed by atoms with van der Waals surface area (Å²) in [5, 5.41) is 4.59. The molecule has 0 atom stereocenters. The summed E-state index contributed by atoms with van der Waals surface area (Å²) >= 11 is 0. The molecule has 0 spiro atoms. The van der Waals surface area contributed by atoms with E-state index < -0.39 is 0 Å². The van der Waals surface area contributed by atoms with Crippen LogP contribution in [0.2, 0.25) is 0 Å². The number of aromatic nitrogens is 6. The number of imidazole rings is 1. The van der Waals surface area contributed by atoms with E-state index in [0.717, 1.165) is 24.4 Å².